The van der Waals surface area contributed by atoms with Crippen molar-refractivity contribution in [1.82, 2.24) is 24.6 Å². The van der Waals surface area contributed by atoms with Gasteiger partial charge in [-0.05, 0) is 17.5 Å². The van der Waals surface area contributed by atoms with Crippen LogP contribution in [0.5, 0.6) is 0 Å². The van der Waals surface area contributed by atoms with E-state index in [0.717, 1.165) is 22.7 Å². The Morgan fingerprint density at radius 1 is 1.25 bits per heavy atom. The van der Waals surface area contributed by atoms with E-state index >= 15 is 0 Å². The van der Waals surface area contributed by atoms with Crippen molar-refractivity contribution in [1.29, 1.82) is 0 Å². The highest BCUT2D eigenvalue weighted by Gasteiger charge is 2.11. The number of fused-ring (bicyclic) bond motifs is 1. The molecule has 102 valence electrons. The van der Waals surface area contributed by atoms with E-state index in [2.05, 4.69) is 39.2 Å². The summed E-state index contributed by atoms with van der Waals surface area (Å²) < 4.78 is 1.84. The van der Waals surface area contributed by atoms with E-state index in [-0.39, 0.29) is 0 Å². The van der Waals surface area contributed by atoms with Crippen LogP contribution in [0.2, 0.25) is 0 Å². The smallest absolute Gasteiger partial charge is 0.197 e. The highest BCUT2D eigenvalue weighted by atomic mass is 15.3. The van der Waals surface area contributed by atoms with Crippen molar-refractivity contribution in [2.24, 2.45) is 0 Å². The first-order valence-electron chi connectivity index (χ1n) is 6.57. The Morgan fingerprint density at radius 2 is 2.15 bits per heavy atom. The van der Waals surface area contributed by atoms with Gasteiger partial charge in [0.2, 0.25) is 0 Å². The van der Waals surface area contributed by atoms with Crippen LogP contribution < -0.4 is 5.32 Å². The van der Waals surface area contributed by atoms with Crippen molar-refractivity contribution in [2.45, 2.75) is 26.3 Å². The second-order valence-corrected chi connectivity index (χ2v) is 4.90. The van der Waals surface area contributed by atoms with Crippen LogP contribution in [0.4, 0.5) is 5.82 Å². The molecule has 3 aromatic rings. The molecule has 6 heteroatoms. The summed E-state index contributed by atoms with van der Waals surface area (Å²) in [5.74, 6) is 1.10. The SMILES string of the molecule is CC(C)c1cnc2c(NCc3cccnc3)ncnn12. The van der Waals surface area contributed by atoms with Crippen LogP contribution in [0.1, 0.15) is 31.0 Å². The molecule has 6 nitrogen and oxygen atoms in total. The molecule has 0 amide bonds. The molecule has 0 bridgehead atoms. The zero-order valence-electron chi connectivity index (χ0n) is 11.5. The molecule has 0 spiro atoms. The number of hydrogen-bond acceptors (Lipinski definition) is 5. The van der Waals surface area contributed by atoms with Crippen molar-refractivity contribution in [3.63, 3.8) is 0 Å². The van der Waals surface area contributed by atoms with E-state index in [1.165, 1.54) is 0 Å². The highest BCUT2D eigenvalue weighted by Crippen LogP contribution is 2.18. The van der Waals surface area contributed by atoms with Gasteiger partial charge in [0.15, 0.2) is 11.5 Å². The van der Waals surface area contributed by atoms with Crippen molar-refractivity contribution < 1.29 is 0 Å². The number of nitrogens with zero attached hydrogens (tertiary/aromatic N) is 5. The lowest BCUT2D eigenvalue weighted by Crippen LogP contribution is -2.07. The molecule has 0 aliphatic carbocycles. The van der Waals surface area contributed by atoms with E-state index in [1.807, 2.05) is 29.0 Å². The number of aromatic nitrogens is 5. The maximum absolute atomic E-state index is 4.41. The topological polar surface area (TPSA) is 68.0 Å². The minimum Gasteiger partial charge on any atom is -0.363 e. The van der Waals surface area contributed by atoms with E-state index in [4.69, 9.17) is 0 Å². The Hall–Kier alpha value is -2.50. The Bertz CT molecular complexity index is 704. The summed E-state index contributed by atoms with van der Waals surface area (Å²) >= 11 is 0. The van der Waals surface area contributed by atoms with Crippen LogP contribution in [-0.4, -0.2) is 24.6 Å². The number of pyridine rings is 1. The van der Waals surface area contributed by atoms with E-state index < -0.39 is 0 Å². The molecule has 0 aromatic carbocycles. The molecule has 0 aliphatic heterocycles. The van der Waals surface area contributed by atoms with Gasteiger partial charge in [-0.15, -0.1) is 0 Å². The maximum Gasteiger partial charge on any atom is 0.197 e. The predicted molar refractivity (Wildman–Crippen MR) is 76.4 cm³/mol. The number of hydrogen-bond donors (Lipinski definition) is 1. The summed E-state index contributed by atoms with van der Waals surface area (Å²) in [6.07, 6.45) is 6.99. The van der Waals surface area contributed by atoms with E-state index in [1.54, 1.807) is 12.5 Å². The van der Waals surface area contributed by atoms with Gasteiger partial charge in [-0.2, -0.15) is 5.10 Å². The molecule has 0 saturated heterocycles. The number of anilines is 1. The summed E-state index contributed by atoms with van der Waals surface area (Å²) in [5, 5.41) is 7.55. The van der Waals surface area contributed by atoms with Gasteiger partial charge in [-0.25, -0.2) is 14.5 Å². The van der Waals surface area contributed by atoms with E-state index in [9.17, 15) is 0 Å². The Kier molecular flexibility index (Phi) is 3.28. The standard InChI is InChI=1S/C14H16N6/c1-10(2)12-8-17-14-13(18-9-19-20(12)14)16-7-11-4-3-5-15-6-11/h3-6,8-10H,7H2,1-2H3,(H,16,18,19). The molecule has 0 saturated carbocycles. The molecule has 3 aromatic heterocycles. The quantitative estimate of drug-likeness (QED) is 0.786. The first-order chi connectivity index (χ1) is 9.75. The van der Waals surface area contributed by atoms with Crippen molar-refractivity contribution in [3.05, 3.63) is 48.3 Å². The van der Waals surface area contributed by atoms with Gasteiger partial charge < -0.3 is 5.32 Å². The number of nitrogens with one attached hydrogen (secondary N) is 1. The van der Waals surface area contributed by atoms with Gasteiger partial charge in [0, 0.05) is 18.9 Å². The highest BCUT2D eigenvalue weighted by molar-refractivity contribution is 5.62. The molecule has 0 atom stereocenters. The molecule has 20 heavy (non-hydrogen) atoms. The third-order valence-electron chi connectivity index (χ3n) is 3.10. The Labute approximate surface area is 116 Å². The van der Waals surface area contributed by atoms with Gasteiger partial charge >= 0.3 is 0 Å². The average molecular weight is 268 g/mol. The normalized spacial score (nSPS) is 11.2. The third-order valence-corrected chi connectivity index (χ3v) is 3.10. The van der Waals surface area contributed by atoms with E-state index in [0.29, 0.717) is 12.5 Å². The first-order valence-corrected chi connectivity index (χ1v) is 6.57. The summed E-state index contributed by atoms with van der Waals surface area (Å²) in [6.45, 7) is 4.90. The summed E-state index contributed by atoms with van der Waals surface area (Å²) in [6, 6.07) is 3.93. The second-order valence-electron chi connectivity index (χ2n) is 4.90. The summed E-state index contributed by atoms with van der Waals surface area (Å²) in [4.78, 5) is 12.8. The minimum atomic E-state index is 0.367. The predicted octanol–water partition coefficient (Wildman–Crippen LogP) is 2.25. The lowest BCUT2D eigenvalue weighted by Gasteiger charge is -2.07. The number of imidazole rings is 1. The van der Waals surface area contributed by atoms with Gasteiger partial charge in [-0.3, -0.25) is 4.98 Å². The molecule has 0 aliphatic rings. The zero-order valence-corrected chi connectivity index (χ0v) is 11.5. The largest absolute Gasteiger partial charge is 0.363 e. The monoisotopic (exact) mass is 268 g/mol. The van der Waals surface area contributed by atoms with Crippen molar-refractivity contribution in [2.75, 3.05) is 5.32 Å². The fraction of sp³-hybridized carbons (Fsp3) is 0.286. The summed E-state index contributed by atoms with van der Waals surface area (Å²) in [7, 11) is 0. The molecule has 3 heterocycles. The maximum atomic E-state index is 4.41. The van der Waals surface area contributed by atoms with Crippen LogP contribution in [0.25, 0.3) is 5.65 Å². The molecular formula is C14H16N6. The third kappa shape index (κ3) is 2.32. The molecular weight excluding hydrogens is 252 g/mol. The Morgan fingerprint density at radius 3 is 2.90 bits per heavy atom. The number of rotatable bonds is 4. The van der Waals surface area contributed by atoms with Gasteiger partial charge in [-0.1, -0.05) is 19.9 Å². The molecule has 0 fully saturated rings. The van der Waals surface area contributed by atoms with Crippen molar-refractivity contribution >= 4 is 11.5 Å². The molecule has 1 N–H and O–H groups in total. The lowest BCUT2D eigenvalue weighted by atomic mass is 10.2. The van der Waals surface area contributed by atoms with Crippen molar-refractivity contribution in [3.8, 4) is 0 Å². The molecule has 0 unspecified atom stereocenters. The van der Waals surface area contributed by atoms with Gasteiger partial charge in [0.05, 0.1) is 11.9 Å². The fourth-order valence-electron chi connectivity index (χ4n) is 2.04. The van der Waals surface area contributed by atoms with Crippen LogP contribution in [0.15, 0.2) is 37.1 Å². The van der Waals surface area contributed by atoms with Gasteiger partial charge in [0.25, 0.3) is 0 Å². The fourth-order valence-corrected chi connectivity index (χ4v) is 2.04. The van der Waals surface area contributed by atoms with Crippen LogP contribution in [0, 0.1) is 0 Å². The molecule has 3 rings (SSSR count). The average Bonchev–Trinajstić information content (AvgIpc) is 2.91. The summed E-state index contributed by atoms with van der Waals surface area (Å²) in [5.41, 5.74) is 2.92. The van der Waals surface area contributed by atoms with Crippen LogP contribution in [-0.2, 0) is 6.54 Å². The van der Waals surface area contributed by atoms with Crippen LogP contribution in [0.3, 0.4) is 0 Å². The minimum absolute atomic E-state index is 0.367. The lowest BCUT2D eigenvalue weighted by molar-refractivity contribution is 0.751. The second kappa shape index (κ2) is 5.24. The Balaban J connectivity index is 1.89. The first kappa shape index (κ1) is 12.5. The zero-order chi connectivity index (χ0) is 13.9. The molecule has 0 radical (unpaired) electrons. The van der Waals surface area contributed by atoms with Gasteiger partial charge in [0.1, 0.15) is 6.33 Å². The van der Waals surface area contributed by atoms with Crippen LogP contribution >= 0.6 is 0 Å².